The highest BCUT2D eigenvalue weighted by Gasteiger charge is 2.32. The highest BCUT2D eigenvalue weighted by molar-refractivity contribution is 7.91. The van der Waals surface area contributed by atoms with Gasteiger partial charge in [0.1, 0.15) is 5.82 Å². The van der Waals surface area contributed by atoms with Crippen LogP contribution in [0.3, 0.4) is 0 Å². The topological polar surface area (TPSA) is 90.5 Å². The number of thiazole rings is 1. The van der Waals surface area contributed by atoms with Crippen molar-refractivity contribution in [3.8, 4) is 0 Å². The fourth-order valence-corrected chi connectivity index (χ4v) is 5.98. The maximum atomic E-state index is 13.9. The van der Waals surface area contributed by atoms with E-state index in [1.165, 1.54) is 34.3 Å². The molecule has 1 aliphatic heterocycles. The number of H-pyrrole nitrogens is 1. The summed E-state index contributed by atoms with van der Waals surface area (Å²) in [6.45, 7) is 2.10. The van der Waals surface area contributed by atoms with Crippen LogP contribution in [0.15, 0.2) is 27.2 Å². The van der Waals surface area contributed by atoms with Crippen molar-refractivity contribution in [2.45, 2.75) is 17.6 Å². The van der Waals surface area contributed by atoms with Crippen LogP contribution in [0.4, 0.5) is 4.39 Å². The van der Waals surface area contributed by atoms with Crippen LogP contribution in [0.1, 0.15) is 11.3 Å². The Morgan fingerprint density at radius 1 is 1.30 bits per heavy atom. The van der Waals surface area contributed by atoms with E-state index in [1.807, 2.05) is 0 Å². The van der Waals surface area contributed by atoms with Gasteiger partial charge in [0.15, 0.2) is 4.21 Å². The van der Waals surface area contributed by atoms with Crippen molar-refractivity contribution < 1.29 is 17.6 Å². The third kappa shape index (κ3) is 4.08. The number of piperazine rings is 1. The molecule has 1 N–H and O–H groups in total. The number of sulfonamides is 1. The van der Waals surface area contributed by atoms with Crippen molar-refractivity contribution in [2.24, 2.45) is 0 Å². The third-order valence-electron chi connectivity index (χ3n) is 4.34. The van der Waals surface area contributed by atoms with Crippen molar-refractivity contribution in [1.29, 1.82) is 0 Å². The van der Waals surface area contributed by atoms with Crippen LogP contribution in [-0.2, 0) is 21.2 Å². The van der Waals surface area contributed by atoms with Crippen LogP contribution in [0.25, 0.3) is 0 Å². The zero-order chi connectivity index (χ0) is 19.8. The number of aromatic amines is 1. The second kappa shape index (κ2) is 7.70. The SMILES string of the molecule is Cc1[nH]c(=O)sc1S(=O)(=O)N1CCN(C(=O)Cc2c(F)cccc2Cl)CC1. The van der Waals surface area contributed by atoms with E-state index in [9.17, 15) is 22.4 Å². The molecule has 0 spiro atoms. The van der Waals surface area contributed by atoms with Crippen LogP contribution in [-0.4, -0.2) is 54.7 Å². The van der Waals surface area contributed by atoms with E-state index in [-0.39, 0.29) is 53.3 Å². The Labute approximate surface area is 164 Å². The molecule has 0 bridgehead atoms. The van der Waals surface area contributed by atoms with E-state index in [1.54, 1.807) is 0 Å². The smallest absolute Gasteiger partial charge is 0.305 e. The van der Waals surface area contributed by atoms with E-state index in [0.717, 1.165) is 0 Å². The van der Waals surface area contributed by atoms with E-state index < -0.39 is 20.7 Å². The minimum Gasteiger partial charge on any atom is -0.340 e. The second-order valence-electron chi connectivity index (χ2n) is 6.09. The van der Waals surface area contributed by atoms with Gasteiger partial charge in [0.25, 0.3) is 10.0 Å². The Bertz CT molecular complexity index is 1010. The fraction of sp³-hybridized carbons (Fsp3) is 0.375. The summed E-state index contributed by atoms with van der Waals surface area (Å²) in [6.07, 6.45) is -0.184. The fourth-order valence-electron chi connectivity index (χ4n) is 2.90. The molecule has 1 aliphatic rings. The van der Waals surface area contributed by atoms with Crippen molar-refractivity contribution in [3.05, 3.63) is 50.0 Å². The first kappa shape index (κ1) is 20.0. The molecule has 1 aromatic heterocycles. The van der Waals surface area contributed by atoms with E-state index in [0.29, 0.717) is 17.0 Å². The largest absolute Gasteiger partial charge is 0.340 e. The third-order valence-corrected chi connectivity index (χ3v) is 8.17. The lowest BCUT2D eigenvalue weighted by Crippen LogP contribution is -2.50. The molecule has 146 valence electrons. The van der Waals surface area contributed by atoms with E-state index in [4.69, 9.17) is 11.6 Å². The molecular formula is C16H17ClFN3O4S2. The van der Waals surface area contributed by atoms with Crippen LogP contribution >= 0.6 is 22.9 Å². The van der Waals surface area contributed by atoms with Gasteiger partial charge < -0.3 is 9.88 Å². The molecule has 1 aromatic carbocycles. The van der Waals surface area contributed by atoms with Gasteiger partial charge in [-0.1, -0.05) is 29.0 Å². The Morgan fingerprint density at radius 2 is 1.96 bits per heavy atom. The van der Waals surface area contributed by atoms with Gasteiger partial charge in [-0.3, -0.25) is 9.59 Å². The summed E-state index contributed by atoms with van der Waals surface area (Å²) < 4.78 is 40.5. The average Bonchev–Trinajstić information content (AvgIpc) is 2.97. The number of benzene rings is 1. The number of nitrogens with one attached hydrogen (secondary N) is 1. The molecular weight excluding hydrogens is 417 g/mol. The monoisotopic (exact) mass is 433 g/mol. The summed E-state index contributed by atoms with van der Waals surface area (Å²) in [5.74, 6) is -0.864. The first-order valence-electron chi connectivity index (χ1n) is 8.10. The lowest BCUT2D eigenvalue weighted by molar-refractivity contribution is -0.131. The quantitative estimate of drug-likeness (QED) is 0.793. The standard InChI is InChI=1S/C16H17ClFN3O4S2/c1-10-15(26-16(23)19-10)27(24,25)21-7-5-20(6-8-21)14(22)9-11-12(17)3-2-4-13(11)18/h2-4H,5-9H2,1H3,(H,19,23). The maximum absolute atomic E-state index is 13.9. The summed E-state index contributed by atoms with van der Waals surface area (Å²) in [6, 6.07) is 4.22. The minimum atomic E-state index is -3.79. The predicted molar refractivity (Wildman–Crippen MR) is 100 cm³/mol. The van der Waals surface area contributed by atoms with Crippen molar-refractivity contribution in [2.75, 3.05) is 26.2 Å². The summed E-state index contributed by atoms with van der Waals surface area (Å²) in [7, 11) is -3.79. The van der Waals surface area contributed by atoms with Crippen molar-refractivity contribution in [1.82, 2.24) is 14.2 Å². The van der Waals surface area contributed by atoms with Crippen LogP contribution < -0.4 is 4.87 Å². The normalized spacial score (nSPS) is 15.9. The molecule has 0 atom stereocenters. The number of carbonyl (C=O) groups excluding carboxylic acids is 1. The summed E-state index contributed by atoms with van der Waals surface area (Å²) in [5, 5.41) is 0.183. The van der Waals surface area contributed by atoms with Gasteiger partial charge in [-0.15, -0.1) is 0 Å². The number of nitrogens with zero attached hydrogens (tertiary/aromatic N) is 2. The number of aryl methyl sites for hydroxylation is 1. The Kier molecular flexibility index (Phi) is 5.71. The summed E-state index contributed by atoms with van der Waals surface area (Å²) >= 11 is 6.60. The molecule has 0 unspecified atom stereocenters. The van der Waals surface area contributed by atoms with E-state index >= 15 is 0 Å². The van der Waals surface area contributed by atoms with Gasteiger partial charge >= 0.3 is 4.87 Å². The molecule has 1 saturated heterocycles. The molecule has 0 saturated carbocycles. The molecule has 1 fully saturated rings. The first-order valence-corrected chi connectivity index (χ1v) is 10.7. The van der Waals surface area contributed by atoms with Crippen molar-refractivity contribution >= 4 is 38.9 Å². The van der Waals surface area contributed by atoms with Gasteiger partial charge in [-0.25, -0.2) is 12.8 Å². The number of amides is 1. The van der Waals surface area contributed by atoms with E-state index in [2.05, 4.69) is 4.98 Å². The maximum Gasteiger partial charge on any atom is 0.305 e. The molecule has 2 heterocycles. The lowest BCUT2D eigenvalue weighted by Gasteiger charge is -2.34. The van der Waals surface area contributed by atoms with Crippen molar-refractivity contribution in [3.63, 3.8) is 0 Å². The number of aromatic nitrogens is 1. The highest BCUT2D eigenvalue weighted by Crippen LogP contribution is 2.23. The number of halogens is 2. The Morgan fingerprint density at radius 3 is 2.52 bits per heavy atom. The first-order chi connectivity index (χ1) is 12.7. The zero-order valence-corrected chi connectivity index (χ0v) is 16.8. The minimum absolute atomic E-state index is 0.00888. The number of hydrogen-bond donors (Lipinski definition) is 1. The Balaban J connectivity index is 1.67. The van der Waals surface area contributed by atoms with Crippen LogP contribution in [0, 0.1) is 12.7 Å². The summed E-state index contributed by atoms with van der Waals surface area (Å²) in [5.41, 5.74) is 0.435. The molecule has 27 heavy (non-hydrogen) atoms. The van der Waals surface area contributed by atoms with Gasteiger partial charge in [-0.2, -0.15) is 4.31 Å². The summed E-state index contributed by atoms with van der Waals surface area (Å²) in [4.78, 5) is 27.4. The van der Waals surface area contributed by atoms with Gasteiger partial charge in [0.05, 0.1) is 6.42 Å². The van der Waals surface area contributed by atoms with Gasteiger partial charge in [0, 0.05) is 42.5 Å². The Hall–Kier alpha value is -1.75. The van der Waals surface area contributed by atoms with Crippen LogP contribution in [0.5, 0.6) is 0 Å². The number of hydrogen-bond acceptors (Lipinski definition) is 5. The molecule has 2 aromatic rings. The molecule has 11 heteroatoms. The number of carbonyl (C=O) groups is 1. The van der Waals surface area contributed by atoms with Crippen LogP contribution in [0.2, 0.25) is 5.02 Å². The highest BCUT2D eigenvalue weighted by atomic mass is 35.5. The van der Waals surface area contributed by atoms with Gasteiger partial charge in [-0.05, 0) is 19.1 Å². The molecule has 3 rings (SSSR count). The zero-order valence-electron chi connectivity index (χ0n) is 14.4. The molecule has 0 aliphatic carbocycles. The average molecular weight is 434 g/mol. The van der Waals surface area contributed by atoms with Gasteiger partial charge in [0.2, 0.25) is 5.91 Å². The lowest BCUT2D eigenvalue weighted by atomic mass is 10.1. The molecule has 0 radical (unpaired) electrons. The molecule has 7 nitrogen and oxygen atoms in total. The molecule has 1 amide bonds. The second-order valence-corrected chi connectivity index (χ2v) is 9.61. The predicted octanol–water partition coefficient (Wildman–Crippen LogP) is 1.61. The number of rotatable bonds is 4.